The fourth-order valence-corrected chi connectivity index (χ4v) is 2.43. The van der Waals surface area contributed by atoms with E-state index in [0.717, 1.165) is 5.01 Å². The number of hydrogen-bond acceptors (Lipinski definition) is 6. The Labute approximate surface area is 109 Å². The van der Waals surface area contributed by atoms with Gasteiger partial charge in [-0.25, -0.2) is 0 Å². The lowest BCUT2D eigenvalue weighted by molar-refractivity contribution is -0.150. The van der Waals surface area contributed by atoms with Crippen LogP contribution in [0.15, 0.2) is 0 Å². The van der Waals surface area contributed by atoms with Gasteiger partial charge in [-0.2, -0.15) is 0 Å². The molecule has 1 aromatic rings. The van der Waals surface area contributed by atoms with Gasteiger partial charge in [0.2, 0.25) is 16.9 Å². The van der Waals surface area contributed by atoms with Crippen LogP contribution in [0.3, 0.4) is 0 Å². The molecular formula is C10H15N5O2S. The summed E-state index contributed by atoms with van der Waals surface area (Å²) >= 11 is 1.38. The van der Waals surface area contributed by atoms with Crippen LogP contribution in [0.1, 0.15) is 11.9 Å². The number of nitrogens with zero attached hydrogens (tertiary/aromatic N) is 4. The quantitative estimate of drug-likeness (QED) is 0.817. The summed E-state index contributed by atoms with van der Waals surface area (Å²) in [5.41, 5.74) is 0. The second kappa shape index (κ2) is 5.30. The molecule has 1 fully saturated rings. The molecule has 1 aliphatic heterocycles. The SMILES string of the molecule is CCN1CC(=O)N(Cc2nnc(NC)s2)CC1=O. The number of likely N-dealkylation sites (N-methyl/N-ethyl adjacent to an activating group) is 1. The number of amides is 2. The maximum atomic E-state index is 11.9. The number of anilines is 1. The summed E-state index contributed by atoms with van der Waals surface area (Å²) in [6.45, 7) is 3.07. The fraction of sp³-hybridized carbons (Fsp3) is 0.600. The van der Waals surface area contributed by atoms with Gasteiger partial charge in [-0.05, 0) is 6.92 Å². The van der Waals surface area contributed by atoms with E-state index in [1.807, 2.05) is 6.92 Å². The van der Waals surface area contributed by atoms with Gasteiger partial charge < -0.3 is 15.1 Å². The summed E-state index contributed by atoms with van der Waals surface area (Å²) in [6, 6.07) is 0. The van der Waals surface area contributed by atoms with E-state index in [2.05, 4.69) is 15.5 Å². The van der Waals surface area contributed by atoms with E-state index in [1.54, 1.807) is 11.9 Å². The Balaban J connectivity index is 2.01. The predicted octanol–water partition coefficient (Wildman–Crippen LogP) is -0.230. The smallest absolute Gasteiger partial charge is 0.243 e. The third-order valence-electron chi connectivity index (χ3n) is 2.75. The number of carbonyl (C=O) groups excluding carboxylic acids is 2. The zero-order valence-corrected chi connectivity index (χ0v) is 11.2. The highest BCUT2D eigenvalue weighted by Gasteiger charge is 2.29. The molecule has 0 unspecified atom stereocenters. The van der Waals surface area contributed by atoms with Crippen LogP contribution in [-0.2, 0) is 16.1 Å². The lowest BCUT2D eigenvalue weighted by Crippen LogP contribution is -2.53. The Morgan fingerprint density at radius 2 is 1.89 bits per heavy atom. The van der Waals surface area contributed by atoms with Gasteiger partial charge in [0, 0.05) is 13.6 Å². The van der Waals surface area contributed by atoms with E-state index < -0.39 is 0 Å². The summed E-state index contributed by atoms with van der Waals surface area (Å²) in [7, 11) is 1.76. The lowest BCUT2D eigenvalue weighted by atomic mass is 10.3. The van der Waals surface area contributed by atoms with Crippen molar-refractivity contribution in [1.29, 1.82) is 0 Å². The Kier molecular flexibility index (Phi) is 3.75. The molecule has 0 saturated carbocycles. The van der Waals surface area contributed by atoms with Crippen molar-refractivity contribution >= 4 is 28.3 Å². The minimum atomic E-state index is -0.0438. The van der Waals surface area contributed by atoms with E-state index in [0.29, 0.717) is 18.2 Å². The molecule has 7 nitrogen and oxygen atoms in total. The second-order valence-electron chi connectivity index (χ2n) is 3.91. The van der Waals surface area contributed by atoms with Crippen LogP contribution in [0.2, 0.25) is 0 Å². The molecule has 2 rings (SSSR count). The average molecular weight is 269 g/mol. The number of nitrogens with one attached hydrogen (secondary N) is 1. The van der Waals surface area contributed by atoms with E-state index in [-0.39, 0.29) is 24.9 Å². The van der Waals surface area contributed by atoms with Crippen LogP contribution >= 0.6 is 11.3 Å². The standard InChI is InChI=1S/C10H15N5O2S/c1-3-14-5-9(17)15(6-8(14)16)4-7-12-13-10(11-2)18-7/h3-6H2,1-2H3,(H,11,13). The van der Waals surface area contributed by atoms with Crippen molar-refractivity contribution < 1.29 is 9.59 Å². The normalized spacial score (nSPS) is 16.3. The maximum absolute atomic E-state index is 11.9. The third-order valence-corrected chi connectivity index (χ3v) is 3.67. The Bertz CT molecular complexity index is 461. The summed E-state index contributed by atoms with van der Waals surface area (Å²) in [4.78, 5) is 26.7. The monoisotopic (exact) mass is 269 g/mol. The van der Waals surface area contributed by atoms with Crippen molar-refractivity contribution in [2.45, 2.75) is 13.5 Å². The minimum Gasteiger partial charge on any atom is -0.363 e. The van der Waals surface area contributed by atoms with Crippen molar-refractivity contribution in [2.24, 2.45) is 0 Å². The molecule has 0 bridgehead atoms. The molecule has 0 atom stereocenters. The number of piperazine rings is 1. The summed E-state index contributed by atoms with van der Waals surface area (Å²) < 4.78 is 0. The predicted molar refractivity (Wildman–Crippen MR) is 67.1 cm³/mol. The first-order valence-electron chi connectivity index (χ1n) is 5.69. The van der Waals surface area contributed by atoms with Crippen LogP contribution in [0.5, 0.6) is 0 Å². The van der Waals surface area contributed by atoms with Crippen LogP contribution in [0.25, 0.3) is 0 Å². The number of rotatable bonds is 4. The molecule has 0 radical (unpaired) electrons. The first kappa shape index (κ1) is 12.7. The molecule has 2 heterocycles. The van der Waals surface area contributed by atoms with Crippen LogP contribution in [0.4, 0.5) is 5.13 Å². The summed E-state index contributed by atoms with van der Waals surface area (Å²) in [5, 5.41) is 12.2. The van der Waals surface area contributed by atoms with Gasteiger partial charge in [-0.3, -0.25) is 9.59 Å². The third kappa shape index (κ3) is 2.58. The highest BCUT2D eigenvalue weighted by molar-refractivity contribution is 7.15. The van der Waals surface area contributed by atoms with E-state index in [4.69, 9.17) is 0 Å². The van der Waals surface area contributed by atoms with Crippen LogP contribution < -0.4 is 5.32 Å². The zero-order chi connectivity index (χ0) is 13.1. The molecule has 0 aromatic carbocycles. The molecule has 1 saturated heterocycles. The first-order chi connectivity index (χ1) is 8.63. The van der Waals surface area contributed by atoms with Gasteiger partial charge in [0.05, 0.1) is 13.1 Å². The summed E-state index contributed by atoms with van der Waals surface area (Å²) in [6.07, 6.45) is 0. The van der Waals surface area contributed by atoms with Gasteiger partial charge in [0.25, 0.3) is 0 Å². The Hall–Kier alpha value is -1.70. The molecule has 1 N–H and O–H groups in total. The molecule has 2 amide bonds. The van der Waals surface area contributed by atoms with Gasteiger partial charge in [-0.1, -0.05) is 11.3 Å². The van der Waals surface area contributed by atoms with Crippen molar-refractivity contribution in [3.05, 3.63) is 5.01 Å². The van der Waals surface area contributed by atoms with E-state index in [9.17, 15) is 9.59 Å². The maximum Gasteiger partial charge on any atom is 0.243 e. The largest absolute Gasteiger partial charge is 0.363 e. The lowest BCUT2D eigenvalue weighted by Gasteiger charge is -2.32. The van der Waals surface area contributed by atoms with Crippen molar-refractivity contribution in [1.82, 2.24) is 20.0 Å². The molecule has 1 aromatic heterocycles. The van der Waals surface area contributed by atoms with Crippen LogP contribution in [0, 0.1) is 0 Å². The topological polar surface area (TPSA) is 78.4 Å². The van der Waals surface area contributed by atoms with Crippen molar-refractivity contribution in [2.75, 3.05) is 32.0 Å². The van der Waals surface area contributed by atoms with Crippen molar-refractivity contribution in [3.8, 4) is 0 Å². The first-order valence-corrected chi connectivity index (χ1v) is 6.51. The molecule has 18 heavy (non-hydrogen) atoms. The van der Waals surface area contributed by atoms with Gasteiger partial charge in [-0.15, -0.1) is 10.2 Å². The average Bonchev–Trinajstić information content (AvgIpc) is 2.81. The van der Waals surface area contributed by atoms with Gasteiger partial charge in [0.15, 0.2) is 0 Å². The molecule has 0 spiro atoms. The highest BCUT2D eigenvalue weighted by Crippen LogP contribution is 2.17. The molecular weight excluding hydrogens is 254 g/mol. The minimum absolute atomic E-state index is 0.0181. The van der Waals surface area contributed by atoms with Gasteiger partial charge >= 0.3 is 0 Å². The molecule has 1 aliphatic rings. The second-order valence-corrected chi connectivity index (χ2v) is 4.97. The number of aromatic nitrogens is 2. The fourth-order valence-electron chi connectivity index (χ4n) is 1.72. The van der Waals surface area contributed by atoms with Crippen molar-refractivity contribution in [3.63, 3.8) is 0 Å². The Morgan fingerprint density at radius 1 is 1.22 bits per heavy atom. The number of hydrogen-bond donors (Lipinski definition) is 1. The Morgan fingerprint density at radius 3 is 2.50 bits per heavy atom. The zero-order valence-electron chi connectivity index (χ0n) is 10.3. The van der Waals surface area contributed by atoms with Gasteiger partial charge in [0.1, 0.15) is 11.6 Å². The van der Waals surface area contributed by atoms with E-state index >= 15 is 0 Å². The van der Waals surface area contributed by atoms with Crippen LogP contribution in [-0.4, -0.2) is 58.5 Å². The highest BCUT2D eigenvalue weighted by atomic mass is 32.1. The molecule has 0 aliphatic carbocycles. The molecule has 98 valence electrons. The summed E-state index contributed by atoms with van der Waals surface area (Å²) in [5.74, 6) is -0.0619. The molecule has 8 heteroatoms. The number of carbonyl (C=O) groups is 2. The van der Waals surface area contributed by atoms with E-state index in [1.165, 1.54) is 16.2 Å².